The van der Waals surface area contributed by atoms with Gasteiger partial charge in [0.1, 0.15) is 0 Å². The van der Waals surface area contributed by atoms with Crippen molar-refractivity contribution in [1.82, 2.24) is 10.2 Å². The van der Waals surface area contributed by atoms with Crippen molar-refractivity contribution < 1.29 is 4.74 Å². The van der Waals surface area contributed by atoms with Gasteiger partial charge in [0.2, 0.25) is 0 Å². The van der Waals surface area contributed by atoms with Crippen molar-refractivity contribution in [2.24, 2.45) is 0 Å². The molecule has 3 heteroatoms. The highest BCUT2D eigenvalue weighted by molar-refractivity contribution is 5.27. The van der Waals surface area contributed by atoms with Gasteiger partial charge in [0, 0.05) is 25.2 Å². The van der Waals surface area contributed by atoms with Crippen molar-refractivity contribution >= 4 is 0 Å². The quantitative estimate of drug-likeness (QED) is 0.871. The summed E-state index contributed by atoms with van der Waals surface area (Å²) in [6, 6.07) is 10.0. The topological polar surface area (TPSA) is 24.5 Å². The zero-order valence-corrected chi connectivity index (χ0v) is 13.9. The van der Waals surface area contributed by atoms with E-state index in [1.54, 1.807) is 0 Å². The zero-order valence-electron chi connectivity index (χ0n) is 13.9. The maximum absolute atomic E-state index is 5.60. The third-order valence-corrected chi connectivity index (χ3v) is 4.59. The van der Waals surface area contributed by atoms with Crippen molar-refractivity contribution in [1.29, 1.82) is 0 Å². The second-order valence-electron chi connectivity index (χ2n) is 6.29. The molecule has 0 bridgehead atoms. The van der Waals surface area contributed by atoms with Crippen molar-refractivity contribution in [3.63, 3.8) is 0 Å². The molecule has 118 valence electrons. The summed E-state index contributed by atoms with van der Waals surface area (Å²) in [5, 5.41) is 3.48. The van der Waals surface area contributed by atoms with Gasteiger partial charge in [-0.1, -0.05) is 45.0 Å². The van der Waals surface area contributed by atoms with Crippen LogP contribution in [0.4, 0.5) is 0 Å². The summed E-state index contributed by atoms with van der Waals surface area (Å²) in [6.45, 7) is 10.6. The Bertz CT molecular complexity index is 416. The summed E-state index contributed by atoms with van der Waals surface area (Å²) in [5.74, 6) is 0.593. The van der Waals surface area contributed by atoms with E-state index in [-0.39, 0.29) is 0 Å². The molecule has 3 nitrogen and oxygen atoms in total. The van der Waals surface area contributed by atoms with Crippen molar-refractivity contribution in [3.05, 3.63) is 35.4 Å². The van der Waals surface area contributed by atoms with Crippen LogP contribution in [0.1, 0.15) is 50.3 Å². The molecular weight excluding hydrogens is 260 g/mol. The van der Waals surface area contributed by atoms with E-state index in [0.717, 1.165) is 32.7 Å². The van der Waals surface area contributed by atoms with E-state index < -0.39 is 0 Å². The maximum atomic E-state index is 5.60. The van der Waals surface area contributed by atoms with Crippen LogP contribution in [0.15, 0.2) is 24.3 Å². The van der Waals surface area contributed by atoms with Crippen LogP contribution >= 0.6 is 0 Å². The molecule has 1 aromatic rings. The number of rotatable bonds is 6. The van der Waals surface area contributed by atoms with Gasteiger partial charge in [0.15, 0.2) is 0 Å². The first-order valence-electron chi connectivity index (χ1n) is 8.24. The van der Waals surface area contributed by atoms with Gasteiger partial charge in [-0.15, -0.1) is 0 Å². The van der Waals surface area contributed by atoms with Crippen molar-refractivity contribution in [3.8, 4) is 0 Å². The predicted molar refractivity (Wildman–Crippen MR) is 88.8 cm³/mol. The molecule has 1 aromatic carbocycles. The molecule has 1 heterocycles. The maximum Gasteiger partial charge on any atom is 0.0622 e. The first-order valence-corrected chi connectivity index (χ1v) is 8.24. The average molecular weight is 290 g/mol. The summed E-state index contributed by atoms with van der Waals surface area (Å²) in [7, 11) is 2.06. The first-order chi connectivity index (χ1) is 10.2. The van der Waals surface area contributed by atoms with E-state index in [1.165, 1.54) is 11.1 Å². The van der Waals surface area contributed by atoms with Gasteiger partial charge in [-0.05, 0) is 30.5 Å². The molecule has 21 heavy (non-hydrogen) atoms. The molecule has 2 unspecified atom stereocenters. The lowest BCUT2D eigenvalue weighted by atomic mass is 9.98. The van der Waals surface area contributed by atoms with Gasteiger partial charge in [-0.3, -0.25) is 4.90 Å². The molecule has 2 rings (SSSR count). The van der Waals surface area contributed by atoms with Gasteiger partial charge in [-0.2, -0.15) is 0 Å². The molecular formula is C18H30N2O. The average Bonchev–Trinajstić information content (AvgIpc) is 2.53. The predicted octanol–water partition coefficient (Wildman–Crippen LogP) is 3.18. The summed E-state index contributed by atoms with van der Waals surface area (Å²) in [6.07, 6.45) is 1.16. The van der Waals surface area contributed by atoms with Gasteiger partial charge < -0.3 is 10.1 Å². The van der Waals surface area contributed by atoms with Crippen LogP contribution < -0.4 is 5.32 Å². The van der Waals surface area contributed by atoms with E-state index in [2.05, 4.69) is 62.3 Å². The fraction of sp³-hybridized carbons (Fsp3) is 0.667. The van der Waals surface area contributed by atoms with Crippen molar-refractivity contribution in [2.75, 3.05) is 33.4 Å². The van der Waals surface area contributed by atoms with Crippen LogP contribution in [-0.4, -0.2) is 44.3 Å². The minimum Gasteiger partial charge on any atom is -0.378 e. The summed E-state index contributed by atoms with van der Waals surface area (Å²) in [5.41, 5.74) is 2.79. The van der Waals surface area contributed by atoms with Crippen LogP contribution in [0.5, 0.6) is 0 Å². The Labute approximate surface area is 129 Å². The monoisotopic (exact) mass is 290 g/mol. The minimum atomic E-state index is 0.387. The van der Waals surface area contributed by atoms with E-state index in [9.17, 15) is 0 Å². The van der Waals surface area contributed by atoms with Crippen LogP contribution in [0.25, 0.3) is 0 Å². The Balaban J connectivity index is 2.04. The Kier molecular flexibility index (Phi) is 6.22. The van der Waals surface area contributed by atoms with Crippen molar-refractivity contribution in [2.45, 2.75) is 45.2 Å². The lowest BCUT2D eigenvalue weighted by Crippen LogP contribution is -2.48. The summed E-state index contributed by atoms with van der Waals surface area (Å²) < 4.78 is 5.60. The number of ether oxygens (including phenoxy) is 1. The Morgan fingerprint density at radius 1 is 1.24 bits per heavy atom. The second-order valence-corrected chi connectivity index (χ2v) is 6.29. The fourth-order valence-electron chi connectivity index (χ4n) is 3.02. The number of hydrogen-bond donors (Lipinski definition) is 1. The smallest absolute Gasteiger partial charge is 0.0622 e. The Morgan fingerprint density at radius 2 is 1.90 bits per heavy atom. The Hall–Kier alpha value is -0.900. The first kappa shape index (κ1) is 16.5. The highest BCUT2D eigenvalue weighted by Crippen LogP contribution is 2.21. The van der Waals surface area contributed by atoms with E-state index >= 15 is 0 Å². The summed E-state index contributed by atoms with van der Waals surface area (Å²) >= 11 is 0. The highest BCUT2D eigenvalue weighted by Gasteiger charge is 2.24. The molecule has 0 saturated carbocycles. The molecule has 1 aliphatic heterocycles. The Morgan fingerprint density at radius 3 is 2.48 bits per heavy atom. The fourth-order valence-corrected chi connectivity index (χ4v) is 3.02. The van der Waals surface area contributed by atoms with Crippen LogP contribution in [0.2, 0.25) is 0 Å². The largest absolute Gasteiger partial charge is 0.378 e. The molecule has 0 amide bonds. The number of benzene rings is 1. The van der Waals surface area contributed by atoms with E-state index in [4.69, 9.17) is 4.74 Å². The van der Waals surface area contributed by atoms with Crippen LogP contribution in [-0.2, 0) is 4.74 Å². The van der Waals surface area contributed by atoms with Gasteiger partial charge in [-0.25, -0.2) is 0 Å². The number of nitrogens with one attached hydrogen (secondary N) is 1. The lowest BCUT2D eigenvalue weighted by molar-refractivity contribution is -0.0124. The zero-order chi connectivity index (χ0) is 15.2. The van der Waals surface area contributed by atoms with Crippen LogP contribution in [0, 0.1) is 0 Å². The van der Waals surface area contributed by atoms with E-state index in [0.29, 0.717) is 18.0 Å². The molecule has 1 aliphatic rings. The molecule has 0 radical (unpaired) electrons. The molecule has 1 N–H and O–H groups in total. The molecule has 1 fully saturated rings. The standard InChI is InChI=1S/C18H30N2O/c1-5-17-13-21-11-10-20(17)12-18(19-4)16-8-6-15(7-9-16)14(2)3/h6-9,14,17-19H,5,10-13H2,1-4H3. The van der Waals surface area contributed by atoms with E-state index in [1.807, 2.05) is 0 Å². The highest BCUT2D eigenvalue weighted by atomic mass is 16.5. The molecule has 1 saturated heterocycles. The molecule has 0 aromatic heterocycles. The number of nitrogens with zero attached hydrogens (tertiary/aromatic N) is 1. The van der Waals surface area contributed by atoms with Gasteiger partial charge in [0.25, 0.3) is 0 Å². The number of morpholine rings is 1. The lowest BCUT2D eigenvalue weighted by Gasteiger charge is -2.37. The third-order valence-electron chi connectivity index (χ3n) is 4.59. The summed E-state index contributed by atoms with van der Waals surface area (Å²) in [4.78, 5) is 2.57. The van der Waals surface area contributed by atoms with Gasteiger partial charge >= 0.3 is 0 Å². The van der Waals surface area contributed by atoms with Gasteiger partial charge in [0.05, 0.1) is 13.2 Å². The molecule has 0 spiro atoms. The number of likely N-dealkylation sites (N-methyl/N-ethyl adjacent to an activating group) is 1. The molecule has 0 aliphatic carbocycles. The minimum absolute atomic E-state index is 0.387. The number of hydrogen-bond acceptors (Lipinski definition) is 3. The SMILES string of the molecule is CCC1COCCN1CC(NC)c1ccc(C(C)C)cc1. The molecule has 2 atom stereocenters. The third kappa shape index (κ3) is 4.29. The second kappa shape index (κ2) is 7.92. The normalized spacial score (nSPS) is 21.7. The van der Waals surface area contributed by atoms with Crippen LogP contribution in [0.3, 0.4) is 0 Å².